The van der Waals surface area contributed by atoms with Crippen LogP contribution in [0.5, 0.6) is 5.88 Å². The largest absolute Gasteiger partial charge is 0.475 e. The Morgan fingerprint density at radius 1 is 1.29 bits per heavy atom. The summed E-state index contributed by atoms with van der Waals surface area (Å²) in [5.74, 6) is 0.456. The van der Waals surface area contributed by atoms with Gasteiger partial charge in [-0.25, -0.2) is 0 Å². The molecule has 2 heterocycles. The van der Waals surface area contributed by atoms with Crippen molar-refractivity contribution in [3.63, 3.8) is 0 Å². The van der Waals surface area contributed by atoms with Gasteiger partial charge in [-0.15, -0.1) is 0 Å². The van der Waals surface area contributed by atoms with Crippen molar-refractivity contribution in [1.29, 1.82) is 0 Å². The van der Waals surface area contributed by atoms with Gasteiger partial charge in [0.1, 0.15) is 5.56 Å². The third-order valence-electron chi connectivity index (χ3n) is 3.31. The zero-order valence-electron chi connectivity index (χ0n) is 12.2. The Bertz CT molecular complexity index is 794. The summed E-state index contributed by atoms with van der Waals surface area (Å²) < 4.78 is 5.61. The average Bonchev–Trinajstić information content (AvgIpc) is 2.98. The Morgan fingerprint density at radius 2 is 2.10 bits per heavy atom. The van der Waals surface area contributed by atoms with E-state index in [9.17, 15) is 4.79 Å². The Kier molecular flexibility index (Phi) is 3.25. The number of nitrogens with zero attached hydrogens (tertiary/aromatic N) is 1. The maximum Gasteiger partial charge on any atom is 0.275 e. The van der Waals surface area contributed by atoms with E-state index >= 15 is 0 Å². The quantitative estimate of drug-likeness (QED) is 0.908. The van der Waals surface area contributed by atoms with Crippen LogP contribution in [0.15, 0.2) is 28.0 Å². The minimum atomic E-state index is -0.201. The molecular weight excluding hydrogens is 266 g/mol. The summed E-state index contributed by atoms with van der Waals surface area (Å²) in [7, 11) is 0. The molecule has 0 atom stereocenters. The maximum absolute atomic E-state index is 11.9. The van der Waals surface area contributed by atoms with Crippen LogP contribution in [0.1, 0.15) is 30.5 Å². The molecule has 0 spiro atoms. The first-order chi connectivity index (χ1) is 10.1. The van der Waals surface area contributed by atoms with E-state index in [-0.39, 0.29) is 11.7 Å². The molecule has 3 rings (SSSR count). The summed E-state index contributed by atoms with van der Waals surface area (Å²) in [6.07, 6.45) is 3.57. The second-order valence-electron chi connectivity index (χ2n) is 5.32. The molecule has 2 aromatic rings. The van der Waals surface area contributed by atoms with Crippen molar-refractivity contribution in [1.82, 2.24) is 10.2 Å². The van der Waals surface area contributed by atoms with Crippen LogP contribution in [0.4, 0.5) is 5.69 Å². The molecule has 5 heteroatoms. The van der Waals surface area contributed by atoms with Crippen molar-refractivity contribution in [2.75, 3.05) is 0 Å². The van der Waals surface area contributed by atoms with Gasteiger partial charge in [0.05, 0.1) is 11.8 Å². The second-order valence-corrected chi connectivity index (χ2v) is 5.32. The molecule has 0 radical (unpaired) electrons. The molecule has 0 saturated carbocycles. The number of H-pyrrole nitrogens is 2. The molecule has 1 aliphatic rings. The van der Waals surface area contributed by atoms with Gasteiger partial charge in [-0.05, 0) is 32.4 Å². The van der Waals surface area contributed by atoms with Gasteiger partial charge >= 0.3 is 0 Å². The van der Waals surface area contributed by atoms with Gasteiger partial charge in [0, 0.05) is 17.4 Å². The smallest absolute Gasteiger partial charge is 0.275 e. The monoisotopic (exact) mass is 283 g/mol. The molecule has 1 aliphatic heterocycles. The standard InChI is InChI=1S/C16H17N3O2/c1-9(2)21-16-13(15(20)18-19-16)7-11-8-17-14-10(3)5-4-6-12(11)14/h4-9H,1-3H3,(H2,18,19,20). The van der Waals surface area contributed by atoms with Crippen LogP contribution in [0.25, 0.3) is 11.6 Å². The van der Waals surface area contributed by atoms with Gasteiger partial charge in [0.15, 0.2) is 0 Å². The average molecular weight is 283 g/mol. The summed E-state index contributed by atoms with van der Waals surface area (Å²) in [4.78, 5) is 16.4. The normalized spacial score (nSPS) is 15.0. The fraction of sp³-hybridized carbons (Fsp3) is 0.250. The molecular formula is C16H17N3O2. The number of hydrogen-bond donors (Lipinski definition) is 2. The fourth-order valence-corrected chi connectivity index (χ4v) is 2.35. The number of aromatic nitrogens is 2. The van der Waals surface area contributed by atoms with E-state index in [0.717, 1.165) is 22.4 Å². The van der Waals surface area contributed by atoms with Gasteiger partial charge < -0.3 is 4.74 Å². The first-order valence-electron chi connectivity index (χ1n) is 6.89. The number of nitrogens with one attached hydrogen (secondary N) is 2. The topological polar surface area (TPSA) is 70.2 Å². The number of aromatic amines is 2. The van der Waals surface area contributed by atoms with E-state index in [2.05, 4.69) is 15.2 Å². The van der Waals surface area contributed by atoms with E-state index < -0.39 is 0 Å². The lowest BCUT2D eigenvalue weighted by Crippen LogP contribution is -2.08. The molecule has 0 aliphatic carbocycles. The van der Waals surface area contributed by atoms with Crippen LogP contribution >= 0.6 is 0 Å². The van der Waals surface area contributed by atoms with Crippen molar-refractivity contribution in [2.45, 2.75) is 26.9 Å². The highest BCUT2D eigenvalue weighted by molar-refractivity contribution is 6.21. The van der Waals surface area contributed by atoms with Crippen molar-refractivity contribution >= 4 is 23.6 Å². The predicted molar refractivity (Wildman–Crippen MR) is 84.4 cm³/mol. The number of hydrogen-bond acceptors (Lipinski definition) is 3. The SMILES string of the molecule is Cc1cccc2c1N=CC2=Cc1c(OC(C)C)[nH][nH]c1=O. The zero-order valence-corrected chi connectivity index (χ0v) is 12.2. The van der Waals surface area contributed by atoms with Gasteiger partial charge in [-0.1, -0.05) is 18.2 Å². The molecule has 0 unspecified atom stereocenters. The lowest BCUT2D eigenvalue weighted by Gasteiger charge is -2.07. The third-order valence-corrected chi connectivity index (χ3v) is 3.31. The lowest BCUT2D eigenvalue weighted by atomic mass is 10.0. The third kappa shape index (κ3) is 2.42. The molecule has 5 nitrogen and oxygen atoms in total. The Hall–Kier alpha value is -2.56. The number of aryl methyl sites for hydroxylation is 1. The molecule has 21 heavy (non-hydrogen) atoms. The summed E-state index contributed by atoms with van der Waals surface area (Å²) in [6.45, 7) is 5.85. The van der Waals surface area contributed by atoms with E-state index in [0.29, 0.717) is 11.4 Å². The number of rotatable bonds is 3. The predicted octanol–water partition coefficient (Wildman–Crippen LogP) is 3.06. The van der Waals surface area contributed by atoms with E-state index in [1.807, 2.05) is 45.0 Å². The number of para-hydroxylation sites is 1. The van der Waals surface area contributed by atoms with E-state index in [4.69, 9.17) is 4.74 Å². The molecule has 0 saturated heterocycles. The summed E-state index contributed by atoms with van der Waals surface area (Å²) >= 11 is 0. The van der Waals surface area contributed by atoms with Crippen LogP contribution in [-0.4, -0.2) is 22.5 Å². The molecule has 1 aromatic carbocycles. The number of ether oxygens (including phenoxy) is 1. The number of fused-ring (bicyclic) bond motifs is 1. The van der Waals surface area contributed by atoms with Crippen LogP contribution in [-0.2, 0) is 0 Å². The van der Waals surface area contributed by atoms with Crippen molar-refractivity contribution in [3.8, 4) is 5.88 Å². The maximum atomic E-state index is 11.9. The Labute approximate surface area is 122 Å². The second kappa shape index (κ2) is 5.09. The summed E-state index contributed by atoms with van der Waals surface area (Å²) in [5.41, 5.74) is 4.31. The number of allylic oxidation sites excluding steroid dienone is 1. The summed E-state index contributed by atoms with van der Waals surface area (Å²) in [6, 6.07) is 6.02. The minimum absolute atomic E-state index is 0.0135. The molecule has 1 aromatic heterocycles. The first-order valence-corrected chi connectivity index (χ1v) is 6.89. The first kappa shape index (κ1) is 13.4. The van der Waals surface area contributed by atoms with Gasteiger partial charge in [0.25, 0.3) is 5.56 Å². The molecule has 2 N–H and O–H groups in total. The Balaban J connectivity index is 2.06. The molecule has 0 amide bonds. The highest BCUT2D eigenvalue weighted by Crippen LogP contribution is 2.35. The fourth-order valence-electron chi connectivity index (χ4n) is 2.35. The number of benzene rings is 1. The van der Waals surface area contributed by atoms with Gasteiger partial charge in [-0.3, -0.25) is 20.0 Å². The van der Waals surface area contributed by atoms with Crippen molar-refractivity contribution in [2.24, 2.45) is 4.99 Å². The summed E-state index contributed by atoms with van der Waals surface area (Å²) in [5, 5.41) is 5.32. The van der Waals surface area contributed by atoms with Crippen LogP contribution < -0.4 is 10.3 Å². The highest BCUT2D eigenvalue weighted by atomic mass is 16.5. The van der Waals surface area contributed by atoms with Gasteiger partial charge in [0.2, 0.25) is 5.88 Å². The minimum Gasteiger partial charge on any atom is -0.475 e. The molecule has 108 valence electrons. The van der Waals surface area contributed by atoms with Crippen LogP contribution in [0.3, 0.4) is 0 Å². The molecule has 0 fully saturated rings. The highest BCUT2D eigenvalue weighted by Gasteiger charge is 2.17. The Morgan fingerprint density at radius 3 is 2.86 bits per heavy atom. The number of aliphatic imine (C=N–C) groups is 1. The zero-order chi connectivity index (χ0) is 15.0. The molecule has 0 bridgehead atoms. The van der Waals surface area contributed by atoms with E-state index in [1.165, 1.54) is 0 Å². The van der Waals surface area contributed by atoms with Crippen LogP contribution in [0, 0.1) is 6.92 Å². The van der Waals surface area contributed by atoms with Crippen molar-refractivity contribution in [3.05, 3.63) is 45.2 Å². The van der Waals surface area contributed by atoms with Gasteiger partial charge in [-0.2, -0.15) is 0 Å². The lowest BCUT2D eigenvalue weighted by molar-refractivity contribution is 0.232. The van der Waals surface area contributed by atoms with Crippen molar-refractivity contribution < 1.29 is 4.74 Å². The van der Waals surface area contributed by atoms with E-state index in [1.54, 1.807) is 6.21 Å². The van der Waals surface area contributed by atoms with Crippen LogP contribution in [0.2, 0.25) is 0 Å².